The van der Waals surface area contributed by atoms with Crippen LogP contribution in [0.3, 0.4) is 0 Å². The minimum Gasteiger partial charge on any atom is -0.393 e. The van der Waals surface area contributed by atoms with Crippen molar-refractivity contribution in [1.29, 1.82) is 0 Å². The third kappa shape index (κ3) is 1.65. The number of nitrogens with two attached hydrogens (primary N) is 1. The van der Waals surface area contributed by atoms with Gasteiger partial charge in [0.1, 0.15) is 0 Å². The number of nitrogen functional groups attached to an aromatic ring is 1. The average Bonchev–Trinajstić information content (AvgIpc) is 2.57. The summed E-state index contributed by atoms with van der Waals surface area (Å²) in [7, 11) is 0. The number of rotatable bonds is 1. The standard InChI is InChI=1S/C8H14N4O2/c1-5-4-12(3-2-6(5)13)8-11-10-7(9)14-8/h5-6,13H,2-4H2,1H3,(H2,9,10). The number of nitrogens with zero attached hydrogens (tertiary/aromatic N) is 3. The largest absolute Gasteiger partial charge is 0.393 e. The lowest BCUT2D eigenvalue weighted by Gasteiger charge is -2.32. The van der Waals surface area contributed by atoms with E-state index in [9.17, 15) is 5.11 Å². The molecule has 0 radical (unpaired) electrons. The highest BCUT2D eigenvalue weighted by atomic mass is 16.4. The molecule has 0 amide bonds. The van der Waals surface area contributed by atoms with E-state index in [0.29, 0.717) is 6.01 Å². The summed E-state index contributed by atoms with van der Waals surface area (Å²) >= 11 is 0. The van der Waals surface area contributed by atoms with Gasteiger partial charge in [0.2, 0.25) is 0 Å². The van der Waals surface area contributed by atoms with E-state index in [0.717, 1.165) is 19.5 Å². The Bertz CT molecular complexity index is 314. The fraction of sp³-hybridized carbons (Fsp3) is 0.750. The molecular formula is C8H14N4O2. The van der Waals surface area contributed by atoms with Gasteiger partial charge < -0.3 is 20.2 Å². The normalized spacial score (nSPS) is 28.0. The van der Waals surface area contributed by atoms with Gasteiger partial charge in [0.25, 0.3) is 0 Å². The highest BCUT2D eigenvalue weighted by molar-refractivity contribution is 5.28. The Hall–Kier alpha value is -1.30. The predicted molar refractivity (Wildman–Crippen MR) is 50.7 cm³/mol. The monoisotopic (exact) mass is 198 g/mol. The van der Waals surface area contributed by atoms with Crippen LogP contribution in [-0.2, 0) is 0 Å². The van der Waals surface area contributed by atoms with Crippen molar-refractivity contribution in [3.05, 3.63) is 0 Å². The van der Waals surface area contributed by atoms with Crippen molar-refractivity contribution in [2.45, 2.75) is 19.4 Å². The Morgan fingerprint density at radius 2 is 2.36 bits per heavy atom. The van der Waals surface area contributed by atoms with Crippen molar-refractivity contribution in [3.63, 3.8) is 0 Å². The summed E-state index contributed by atoms with van der Waals surface area (Å²) in [6.45, 7) is 3.45. The SMILES string of the molecule is CC1CN(c2nnc(N)o2)CCC1O. The predicted octanol–water partition coefficient (Wildman–Crippen LogP) is -0.141. The Morgan fingerprint density at radius 1 is 1.57 bits per heavy atom. The van der Waals surface area contributed by atoms with E-state index in [1.807, 2.05) is 11.8 Å². The van der Waals surface area contributed by atoms with E-state index in [2.05, 4.69) is 10.2 Å². The summed E-state index contributed by atoms with van der Waals surface area (Å²) in [5.41, 5.74) is 5.33. The maximum atomic E-state index is 9.53. The number of anilines is 2. The Balaban J connectivity index is 2.06. The Labute approximate surface area is 81.7 Å². The lowest BCUT2D eigenvalue weighted by molar-refractivity contribution is 0.0957. The highest BCUT2D eigenvalue weighted by Crippen LogP contribution is 2.22. The van der Waals surface area contributed by atoms with E-state index in [-0.39, 0.29) is 18.0 Å². The fourth-order valence-electron chi connectivity index (χ4n) is 1.66. The molecule has 2 rings (SSSR count). The van der Waals surface area contributed by atoms with Gasteiger partial charge in [-0.25, -0.2) is 0 Å². The first-order chi connectivity index (χ1) is 6.66. The van der Waals surface area contributed by atoms with Gasteiger partial charge in [-0.1, -0.05) is 17.1 Å². The van der Waals surface area contributed by atoms with Gasteiger partial charge in [-0.3, -0.25) is 0 Å². The summed E-state index contributed by atoms with van der Waals surface area (Å²) in [6, 6.07) is 0.528. The third-order valence-corrected chi connectivity index (χ3v) is 2.56. The van der Waals surface area contributed by atoms with Crippen LogP contribution in [-0.4, -0.2) is 34.5 Å². The average molecular weight is 198 g/mol. The zero-order valence-corrected chi connectivity index (χ0v) is 8.05. The van der Waals surface area contributed by atoms with E-state index >= 15 is 0 Å². The van der Waals surface area contributed by atoms with E-state index in [4.69, 9.17) is 10.2 Å². The highest BCUT2D eigenvalue weighted by Gasteiger charge is 2.26. The summed E-state index contributed by atoms with van der Waals surface area (Å²) in [4.78, 5) is 1.95. The number of aliphatic hydroxyl groups is 1. The first-order valence-electron chi connectivity index (χ1n) is 4.69. The van der Waals surface area contributed by atoms with Gasteiger partial charge in [-0.2, -0.15) is 0 Å². The van der Waals surface area contributed by atoms with Gasteiger partial charge in [0.15, 0.2) is 0 Å². The summed E-state index contributed by atoms with van der Waals surface area (Å²) < 4.78 is 5.11. The molecule has 0 saturated carbocycles. The van der Waals surface area contributed by atoms with Crippen molar-refractivity contribution < 1.29 is 9.52 Å². The summed E-state index contributed by atoms with van der Waals surface area (Å²) in [5, 5.41) is 16.9. The van der Waals surface area contributed by atoms with Gasteiger partial charge in [-0.15, -0.1) is 0 Å². The molecule has 0 spiro atoms. The Kier molecular flexibility index (Phi) is 2.28. The molecule has 6 heteroatoms. The van der Waals surface area contributed by atoms with Gasteiger partial charge >= 0.3 is 12.0 Å². The molecule has 1 fully saturated rings. The molecule has 14 heavy (non-hydrogen) atoms. The van der Waals surface area contributed by atoms with Crippen LogP contribution in [0.2, 0.25) is 0 Å². The van der Waals surface area contributed by atoms with Gasteiger partial charge in [0.05, 0.1) is 6.10 Å². The zero-order valence-electron chi connectivity index (χ0n) is 8.05. The number of piperidine rings is 1. The lowest BCUT2D eigenvalue weighted by Crippen LogP contribution is -2.42. The second-order valence-electron chi connectivity index (χ2n) is 3.70. The minimum absolute atomic E-state index is 0.0822. The van der Waals surface area contributed by atoms with Crippen LogP contribution in [0.1, 0.15) is 13.3 Å². The fourth-order valence-corrected chi connectivity index (χ4v) is 1.66. The second kappa shape index (κ2) is 3.45. The molecular weight excluding hydrogens is 184 g/mol. The molecule has 0 bridgehead atoms. The second-order valence-corrected chi connectivity index (χ2v) is 3.70. The van der Waals surface area contributed by atoms with Crippen molar-refractivity contribution in [3.8, 4) is 0 Å². The molecule has 78 valence electrons. The van der Waals surface area contributed by atoms with Crippen LogP contribution in [0.15, 0.2) is 4.42 Å². The van der Waals surface area contributed by atoms with E-state index < -0.39 is 0 Å². The van der Waals surface area contributed by atoms with Crippen molar-refractivity contribution in [2.75, 3.05) is 23.7 Å². The smallest absolute Gasteiger partial charge is 0.319 e. The Morgan fingerprint density at radius 3 is 2.93 bits per heavy atom. The topological polar surface area (TPSA) is 88.4 Å². The number of hydrogen-bond acceptors (Lipinski definition) is 6. The third-order valence-electron chi connectivity index (χ3n) is 2.56. The van der Waals surface area contributed by atoms with Crippen LogP contribution in [0, 0.1) is 5.92 Å². The van der Waals surface area contributed by atoms with Crippen molar-refractivity contribution in [1.82, 2.24) is 10.2 Å². The molecule has 1 aliphatic heterocycles. The minimum atomic E-state index is -0.230. The molecule has 1 aromatic heterocycles. The molecule has 2 heterocycles. The maximum Gasteiger partial charge on any atom is 0.319 e. The molecule has 2 unspecified atom stereocenters. The quantitative estimate of drug-likeness (QED) is 0.653. The maximum absolute atomic E-state index is 9.53. The van der Waals surface area contributed by atoms with Crippen LogP contribution < -0.4 is 10.6 Å². The van der Waals surface area contributed by atoms with E-state index in [1.54, 1.807) is 0 Å². The zero-order chi connectivity index (χ0) is 10.1. The molecule has 1 aliphatic rings. The van der Waals surface area contributed by atoms with Crippen LogP contribution in [0.5, 0.6) is 0 Å². The molecule has 1 saturated heterocycles. The van der Waals surface area contributed by atoms with Gasteiger partial charge in [0, 0.05) is 13.1 Å². The van der Waals surface area contributed by atoms with Crippen LogP contribution in [0.4, 0.5) is 12.0 Å². The molecule has 2 atom stereocenters. The number of aromatic nitrogens is 2. The van der Waals surface area contributed by atoms with Crippen molar-refractivity contribution in [2.24, 2.45) is 5.92 Å². The van der Waals surface area contributed by atoms with Crippen molar-refractivity contribution >= 4 is 12.0 Å². The lowest BCUT2D eigenvalue weighted by atomic mass is 9.97. The number of hydrogen-bond donors (Lipinski definition) is 2. The molecule has 0 aromatic carbocycles. The first kappa shape index (κ1) is 9.26. The van der Waals surface area contributed by atoms with E-state index in [1.165, 1.54) is 0 Å². The van der Waals surface area contributed by atoms with Crippen LogP contribution >= 0.6 is 0 Å². The molecule has 6 nitrogen and oxygen atoms in total. The van der Waals surface area contributed by atoms with Crippen LogP contribution in [0.25, 0.3) is 0 Å². The summed E-state index contributed by atoms with van der Waals surface area (Å²) in [6.07, 6.45) is 0.496. The van der Waals surface area contributed by atoms with Gasteiger partial charge in [-0.05, 0) is 12.3 Å². The first-order valence-corrected chi connectivity index (χ1v) is 4.69. The number of aliphatic hydroxyl groups excluding tert-OH is 1. The molecule has 3 N–H and O–H groups in total. The summed E-state index contributed by atoms with van der Waals surface area (Å²) in [5.74, 6) is 0.219. The molecule has 1 aromatic rings. The molecule has 0 aliphatic carbocycles.